The van der Waals surface area contributed by atoms with E-state index in [-0.39, 0.29) is 12.1 Å². The number of hydrogen-bond acceptors (Lipinski definition) is 5. The van der Waals surface area contributed by atoms with Crippen LogP contribution in [0.5, 0.6) is 0 Å². The average molecular weight is 479 g/mol. The Kier molecular flexibility index (Phi) is 9.82. The van der Waals surface area contributed by atoms with Crippen LogP contribution in [0, 0.1) is 0 Å². The Labute approximate surface area is 188 Å². The third-order valence-corrected chi connectivity index (χ3v) is 7.28. The van der Waals surface area contributed by atoms with Gasteiger partial charge >= 0.3 is 11.6 Å². The van der Waals surface area contributed by atoms with Gasteiger partial charge in [0.1, 0.15) is 0 Å². The van der Waals surface area contributed by atoms with Gasteiger partial charge in [-0.3, -0.25) is 0 Å². The number of halogens is 3. The molecule has 10 heteroatoms. The van der Waals surface area contributed by atoms with Gasteiger partial charge in [0.15, 0.2) is 0 Å². The van der Waals surface area contributed by atoms with Crippen LogP contribution < -0.4 is 0 Å². The fraction of sp³-hybridized carbons (Fsp3) is 0.682. The molecule has 0 aromatic heterocycles. The largest absolute Gasteiger partial charge is 0.501 e. The maximum Gasteiger partial charge on any atom is 0.501 e. The lowest BCUT2D eigenvalue weighted by molar-refractivity contribution is -0.0436. The first-order chi connectivity index (χ1) is 15.1. The van der Waals surface area contributed by atoms with Crippen molar-refractivity contribution in [3.63, 3.8) is 0 Å². The summed E-state index contributed by atoms with van der Waals surface area (Å²) in [6.07, 6.45) is 5.11. The van der Waals surface area contributed by atoms with Gasteiger partial charge in [-0.15, -0.1) is 0 Å². The predicted molar refractivity (Wildman–Crippen MR) is 116 cm³/mol. The van der Waals surface area contributed by atoms with E-state index in [0.717, 1.165) is 69.4 Å². The molecule has 32 heavy (non-hydrogen) atoms. The van der Waals surface area contributed by atoms with Crippen molar-refractivity contribution < 1.29 is 31.1 Å². The van der Waals surface area contributed by atoms with Crippen LogP contribution in [-0.2, 0) is 21.0 Å². The van der Waals surface area contributed by atoms with Gasteiger partial charge in [-0.2, -0.15) is 13.2 Å². The minimum atomic E-state index is -5.32. The predicted octanol–water partition coefficient (Wildman–Crippen LogP) is 4.64. The number of carbonyl (C=O) groups excluding carboxylic acids is 1. The van der Waals surface area contributed by atoms with Crippen molar-refractivity contribution in [2.75, 3.05) is 32.8 Å². The fourth-order valence-corrected chi connectivity index (χ4v) is 4.60. The number of cyclic esters (lactones) is 1. The molecule has 1 fully saturated rings. The molecule has 0 aliphatic carbocycles. The highest BCUT2D eigenvalue weighted by Crippen LogP contribution is 2.30. The van der Waals surface area contributed by atoms with Crippen LogP contribution in [-0.4, -0.2) is 68.6 Å². The van der Waals surface area contributed by atoms with Crippen LogP contribution in [0.4, 0.5) is 18.0 Å². The van der Waals surface area contributed by atoms with E-state index >= 15 is 0 Å². The molecule has 0 N–H and O–H groups in total. The number of likely N-dealkylation sites (N-methyl/N-ethyl adjacent to an activating group) is 1. The first-order valence-electron chi connectivity index (χ1n) is 11.1. The number of alkyl halides is 3. The Morgan fingerprint density at radius 2 is 1.81 bits per heavy atom. The molecule has 2 rings (SSSR count). The molecule has 1 atom stereocenters. The summed E-state index contributed by atoms with van der Waals surface area (Å²) >= 11 is 0. The smallest absolute Gasteiger partial charge is 0.449 e. The van der Waals surface area contributed by atoms with Gasteiger partial charge in [-0.1, -0.05) is 19.1 Å². The van der Waals surface area contributed by atoms with Crippen LogP contribution in [0.15, 0.2) is 29.2 Å². The molecule has 0 spiro atoms. The van der Waals surface area contributed by atoms with Crippen molar-refractivity contribution >= 4 is 15.9 Å². The molecule has 0 radical (unpaired) electrons. The Bertz CT molecular complexity index is 829. The van der Waals surface area contributed by atoms with E-state index in [1.54, 1.807) is 4.90 Å². The van der Waals surface area contributed by atoms with Crippen molar-refractivity contribution in [2.45, 2.75) is 68.8 Å². The van der Waals surface area contributed by atoms with Gasteiger partial charge in [-0.05, 0) is 76.2 Å². The molecular formula is C22H33F3N2O4S. The first-order valence-corrected chi connectivity index (χ1v) is 12.6. The molecule has 1 aliphatic heterocycles. The van der Waals surface area contributed by atoms with E-state index in [2.05, 4.69) is 4.90 Å². The van der Waals surface area contributed by atoms with Crippen molar-refractivity contribution in [1.82, 2.24) is 9.80 Å². The standard InChI is InChI=1S/C22H33F3N2O4S/c1-3-26(13-6-7-15-27-14-5-4-8-16-31-21(27)28)18(2)17-19-9-11-20(12-10-19)32(29,30)22(23,24)25/h9-12,18H,3-8,13-17H2,1-2H3. The summed E-state index contributed by atoms with van der Waals surface area (Å²) in [6.45, 7) is 7.62. The third-order valence-electron chi connectivity index (χ3n) is 5.78. The number of carbonyl (C=O) groups is 1. The summed E-state index contributed by atoms with van der Waals surface area (Å²) in [6, 6.07) is 5.05. The van der Waals surface area contributed by atoms with Gasteiger partial charge in [0.25, 0.3) is 9.84 Å². The normalized spacial score (nSPS) is 17.1. The quantitative estimate of drug-likeness (QED) is 0.459. The highest BCUT2D eigenvalue weighted by Gasteiger charge is 2.46. The molecular weight excluding hydrogens is 445 g/mol. The number of hydrogen-bond donors (Lipinski definition) is 0. The maximum absolute atomic E-state index is 12.7. The molecule has 1 saturated heterocycles. The highest BCUT2D eigenvalue weighted by atomic mass is 32.2. The van der Waals surface area contributed by atoms with E-state index in [4.69, 9.17) is 4.74 Å². The van der Waals surface area contributed by atoms with Crippen molar-refractivity contribution in [3.8, 4) is 0 Å². The lowest BCUT2D eigenvalue weighted by atomic mass is 10.1. The summed E-state index contributed by atoms with van der Waals surface area (Å²) in [5.41, 5.74) is -4.52. The van der Waals surface area contributed by atoms with Crippen LogP contribution in [0.3, 0.4) is 0 Å². The first kappa shape index (κ1) is 26.4. The second-order valence-electron chi connectivity index (χ2n) is 8.14. The second-order valence-corrected chi connectivity index (χ2v) is 10.1. The van der Waals surface area contributed by atoms with Crippen molar-refractivity contribution in [2.24, 2.45) is 0 Å². The Hall–Kier alpha value is -1.81. The van der Waals surface area contributed by atoms with Crippen LogP contribution in [0.1, 0.15) is 51.5 Å². The topological polar surface area (TPSA) is 66.9 Å². The summed E-state index contributed by atoms with van der Waals surface area (Å²) < 4.78 is 66.3. The summed E-state index contributed by atoms with van der Waals surface area (Å²) in [5, 5.41) is 0. The zero-order valence-electron chi connectivity index (χ0n) is 18.7. The Morgan fingerprint density at radius 3 is 2.44 bits per heavy atom. The van der Waals surface area contributed by atoms with Gasteiger partial charge in [0.2, 0.25) is 0 Å². The van der Waals surface area contributed by atoms with E-state index in [1.165, 1.54) is 12.1 Å². The third kappa shape index (κ3) is 7.37. The average Bonchev–Trinajstić information content (AvgIpc) is 2.72. The lowest BCUT2D eigenvalue weighted by Gasteiger charge is -2.29. The molecule has 1 heterocycles. The molecule has 1 aliphatic rings. The molecule has 1 amide bonds. The van der Waals surface area contributed by atoms with E-state index < -0.39 is 20.2 Å². The SMILES string of the molecule is CCN(CCCCN1CCCCCOC1=O)C(C)Cc1ccc(S(=O)(=O)C(F)(F)F)cc1. The molecule has 182 valence electrons. The van der Waals surface area contributed by atoms with Gasteiger partial charge in [0, 0.05) is 19.1 Å². The van der Waals surface area contributed by atoms with Gasteiger partial charge < -0.3 is 14.5 Å². The number of ether oxygens (including phenoxy) is 1. The zero-order valence-corrected chi connectivity index (χ0v) is 19.6. The number of nitrogens with zero attached hydrogens (tertiary/aromatic N) is 2. The van der Waals surface area contributed by atoms with Gasteiger partial charge in [-0.25, -0.2) is 13.2 Å². The zero-order chi connectivity index (χ0) is 23.8. The monoisotopic (exact) mass is 478 g/mol. The van der Waals surface area contributed by atoms with Crippen LogP contribution in [0.25, 0.3) is 0 Å². The summed E-state index contributed by atoms with van der Waals surface area (Å²) in [5.74, 6) is 0. The second kappa shape index (κ2) is 11.9. The van der Waals surface area contributed by atoms with Crippen LogP contribution >= 0.6 is 0 Å². The number of benzene rings is 1. The van der Waals surface area contributed by atoms with E-state index in [1.807, 2.05) is 13.8 Å². The van der Waals surface area contributed by atoms with Crippen molar-refractivity contribution in [3.05, 3.63) is 29.8 Å². The van der Waals surface area contributed by atoms with Crippen LogP contribution in [0.2, 0.25) is 0 Å². The minimum Gasteiger partial charge on any atom is -0.449 e. The molecule has 1 unspecified atom stereocenters. The Balaban J connectivity index is 1.83. The van der Waals surface area contributed by atoms with E-state index in [9.17, 15) is 26.4 Å². The number of amides is 1. The molecule has 1 aromatic carbocycles. The van der Waals surface area contributed by atoms with Crippen molar-refractivity contribution in [1.29, 1.82) is 0 Å². The molecule has 6 nitrogen and oxygen atoms in total. The summed E-state index contributed by atoms with van der Waals surface area (Å²) in [4.78, 5) is 15.3. The number of unbranched alkanes of at least 4 members (excludes halogenated alkanes) is 1. The van der Waals surface area contributed by atoms with E-state index in [0.29, 0.717) is 19.6 Å². The fourth-order valence-electron chi connectivity index (χ4n) is 3.84. The number of sulfone groups is 1. The van der Waals surface area contributed by atoms with Gasteiger partial charge in [0.05, 0.1) is 11.5 Å². The molecule has 1 aromatic rings. The summed E-state index contributed by atoms with van der Waals surface area (Å²) in [7, 11) is -5.32. The minimum absolute atomic E-state index is 0.136. The molecule has 0 saturated carbocycles. The number of rotatable bonds is 10. The molecule has 0 bridgehead atoms. The maximum atomic E-state index is 12.7. The Morgan fingerprint density at radius 1 is 1.12 bits per heavy atom. The lowest BCUT2D eigenvalue weighted by Crippen LogP contribution is -2.37. The highest BCUT2D eigenvalue weighted by molar-refractivity contribution is 7.92.